The molecule has 0 aromatic heterocycles. The minimum Gasteiger partial charge on any atom is -0.468 e. The molecule has 4 nitrogen and oxygen atoms in total. The fraction of sp³-hybridized carbons (Fsp3) is 0.500. The summed E-state index contributed by atoms with van der Waals surface area (Å²) >= 11 is 0. The van der Waals surface area contributed by atoms with Crippen molar-refractivity contribution in [1.29, 1.82) is 0 Å². The predicted molar refractivity (Wildman–Crippen MR) is 68.2 cm³/mol. The van der Waals surface area contributed by atoms with Crippen molar-refractivity contribution < 1.29 is 18.7 Å². The highest BCUT2D eigenvalue weighted by atomic mass is 19.1. The smallest absolute Gasteiger partial charge is 0.317 e. The van der Waals surface area contributed by atoms with Crippen LogP contribution in [-0.4, -0.2) is 39.4 Å². The molecule has 1 saturated heterocycles. The number of carbonyl (C=O) groups is 1. The monoisotopic (exact) mass is 267 g/mol. The van der Waals surface area contributed by atoms with Crippen molar-refractivity contribution in [3.63, 3.8) is 0 Å². The summed E-state index contributed by atoms with van der Waals surface area (Å²) in [6.45, 7) is 2.08. The van der Waals surface area contributed by atoms with Crippen molar-refractivity contribution in [1.82, 2.24) is 5.32 Å². The van der Waals surface area contributed by atoms with Crippen LogP contribution in [0.4, 0.5) is 4.39 Å². The van der Waals surface area contributed by atoms with E-state index in [4.69, 9.17) is 9.47 Å². The van der Waals surface area contributed by atoms with Gasteiger partial charge in [0.25, 0.3) is 0 Å². The van der Waals surface area contributed by atoms with E-state index < -0.39 is 5.41 Å². The lowest BCUT2D eigenvalue weighted by Gasteiger charge is -2.38. The van der Waals surface area contributed by atoms with Gasteiger partial charge in [0.05, 0.1) is 20.3 Å². The first kappa shape index (κ1) is 14.0. The average molecular weight is 267 g/mol. The summed E-state index contributed by atoms with van der Waals surface area (Å²) in [5, 5.41) is 3.23. The zero-order valence-electron chi connectivity index (χ0n) is 10.9. The minimum absolute atomic E-state index is 0.229. The molecule has 1 heterocycles. The van der Waals surface area contributed by atoms with Gasteiger partial charge in [0.1, 0.15) is 11.2 Å². The molecule has 0 spiro atoms. The molecular weight excluding hydrogens is 249 g/mol. The van der Waals surface area contributed by atoms with Gasteiger partial charge in [-0.15, -0.1) is 0 Å². The number of nitrogens with one attached hydrogen (secondary N) is 1. The highest BCUT2D eigenvalue weighted by Crippen LogP contribution is 2.28. The molecule has 0 atom stereocenters. The fourth-order valence-electron chi connectivity index (χ4n) is 2.07. The van der Waals surface area contributed by atoms with Gasteiger partial charge >= 0.3 is 5.97 Å². The second kappa shape index (κ2) is 6.12. The normalized spacial score (nSPS) is 16.7. The molecule has 0 radical (unpaired) electrons. The molecule has 1 aromatic carbocycles. The Morgan fingerprint density at radius 3 is 2.63 bits per heavy atom. The molecule has 0 bridgehead atoms. The van der Waals surface area contributed by atoms with Crippen molar-refractivity contribution in [2.45, 2.75) is 6.42 Å². The van der Waals surface area contributed by atoms with E-state index in [0.29, 0.717) is 19.8 Å². The highest BCUT2D eigenvalue weighted by Gasteiger charge is 2.46. The Morgan fingerprint density at radius 2 is 2.11 bits per heavy atom. The maximum Gasteiger partial charge on any atom is 0.317 e. The van der Waals surface area contributed by atoms with Crippen LogP contribution in [-0.2, 0) is 20.7 Å². The Kier molecular flexibility index (Phi) is 4.50. The zero-order valence-corrected chi connectivity index (χ0v) is 10.9. The third kappa shape index (κ3) is 3.30. The van der Waals surface area contributed by atoms with E-state index >= 15 is 0 Å². The first-order valence-corrected chi connectivity index (χ1v) is 6.28. The third-order valence-corrected chi connectivity index (χ3v) is 3.34. The van der Waals surface area contributed by atoms with E-state index in [9.17, 15) is 9.18 Å². The van der Waals surface area contributed by atoms with Crippen LogP contribution in [0, 0.1) is 11.2 Å². The summed E-state index contributed by atoms with van der Waals surface area (Å²) in [7, 11) is 1.39. The number of hydrogen-bond acceptors (Lipinski definition) is 4. The van der Waals surface area contributed by atoms with Crippen LogP contribution in [0.1, 0.15) is 5.56 Å². The van der Waals surface area contributed by atoms with Gasteiger partial charge in [-0.3, -0.25) is 4.79 Å². The molecule has 104 valence electrons. The van der Waals surface area contributed by atoms with Gasteiger partial charge in [-0.1, -0.05) is 12.1 Å². The van der Waals surface area contributed by atoms with Crippen LogP contribution in [0.5, 0.6) is 0 Å². The zero-order chi connectivity index (χ0) is 13.7. The van der Waals surface area contributed by atoms with Crippen LogP contribution < -0.4 is 5.32 Å². The van der Waals surface area contributed by atoms with Crippen molar-refractivity contribution in [3.05, 3.63) is 35.6 Å². The van der Waals surface area contributed by atoms with Gasteiger partial charge in [0, 0.05) is 6.54 Å². The van der Waals surface area contributed by atoms with Crippen molar-refractivity contribution >= 4 is 5.97 Å². The van der Waals surface area contributed by atoms with Crippen molar-refractivity contribution in [3.8, 4) is 0 Å². The van der Waals surface area contributed by atoms with Crippen LogP contribution in [0.25, 0.3) is 0 Å². The SMILES string of the molecule is COC(=O)C1(CNCCc2ccc(F)cc2)COC1. The van der Waals surface area contributed by atoms with Gasteiger partial charge in [-0.2, -0.15) is 0 Å². The topological polar surface area (TPSA) is 47.6 Å². The Morgan fingerprint density at radius 1 is 1.42 bits per heavy atom. The number of methoxy groups -OCH3 is 1. The molecule has 1 aromatic rings. The molecule has 1 N–H and O–H groups in total. The fourth-order valence-corrected chi connectivity index (χ4v) is 2.07. The molecule has 5 heteroatoms. The number of rotatable bonds is 6. The number of benzene rings is 1. The van der Waals surface area contributed by atoms with Crippen LogP contribution in [0.15, 0.2) is 24.3 Å². The Balaban J connectivity index is 1.74. The lowest BCUT2D eigenvalue weighted by atomic mass is 9.86. The second-order valence-corrected chi connectivity index (χ2v) is 4.82. The van der Waals surface area contributed by atoms with E-state index in [1.54, 1.807) is 12.1 Å². The number of halogens is 1. The summed E-state index contributed by atoms with van der Waals surface area (Å²) in [6, 6.07) is 6.43. The van der Waals surface area contributed by atoms with Gasteiger partial charge in [0.15, 0.2) is 0 Å². The maximum atomic E-state index is 12.7. The lowest BCUT2D eigenvalue weighted by molar-refractivity contribution is -0.182. The molecule has 1 aliphatic heterocycles. The van der Waals surface area contributed by atoms with E-state index in [2.05, 4.69) is 5.32 Å². The summed E-state index contributed by atoms with van der Waals surface area (Å²) in [4.78, 5) is 11.6. The number of hydrogen-bond donors (Lipinski definition) is 1. The first-order chi connectivity index (χ1) is 9.16. The molecule has 0 aliphatic carbocycles. The van der Waals surface area contributed by atoms with Gasteiger partial charge in [-0.25, -0.2) is 4.39 Å². The largest absolute Gasteiger partial charge is 0.468 e. The average Bonchev–Trinajstić information content (AvgIpc) is 2.38. The third-order valence-electron chi connectivity index (χ3n) is 3.34. The van der Waals surface area contributed by atoms with E-state index in [0.717, 1.165) is 18.5 Å². The Bertz CT molecular complexity index is 429. The van der Waals surface area contributed by atoms with E-state index in [-0.39, 0.29) is 11.8 Å². The summed E-state index contributed by atoms with van der Waals surface area (Å²) < 4.78 is 22.6. The minimum atomic E-state index is -0.530. The molecule has 0 saturated carbocycles. The van der Waals surface area contributed by atoms with Gasteiger partial charge in [-0.05, 0) is 30.7 Å². The molecular formula is C14H18FNO3. The Hall–Kier alpha value is -1.46. The van der Waals surface area contributed by atoms with Crippen molar-refractivity contribution in [2.75, 3.05) is 33.4 Å². The molecule has 19 heavy (non-hydrogen) atoms. The highest BCUT2D eigenvalue weighted by molar-refractivity contribution is 5.78. The molecule has 1 aliphatic rings. The van der Waals surface area contributed by atoms with E-state index in [1.165, 1.54) is 19.2 Å². The van der Waals surface area contributed by atoms with Crippen LogP contribution in [0.2, 0.25) is 0 Å². The first-order valence-electron chi connectivity index (χ1n) is 6.28. The quantitative estimate of drug-likeness (QED) is 0.620. The summed E-state index contributed by atoms with van der Waals surface area (Å²) in [5.74, 6) is -0.457. The van der Waals surface area contributed by atoms with Crippen LogP contribution >= 0.6 is 0 Å². The number of ether oxygens (including phenoxy) is 2. The predicted octanol–water partition coefficient (Wildman–Crippen LogP) is 1.15. The summed E-state index contributed by atoms with van der Waals surface area (Å²) in [6.07, 6.45) is 0.790. The van der Waals surface area contributed by atoms with Gasteiger partial charge < -0.3 is 14.8 Å². The lowest BCUT2D eigenvalue weighted by Crippen LogP contribution is -2.55. The molecule has 0 unspecified atom stereocenters. The van der Waals surface area contributed by atoms with Gasteiger partial charge in [0.2, 0.25) is 0 Å². The van der Waals surface area contributed by atoms with E-state index in [1.807, 2.05) is 0 Å². The maximum absolute atomic E-state index is 12.7. The Labute approximate surface area is 111 Å². The summed E-state index contributed by atoms with van der Waals surface area (Å²) in [5.41, 5.74) is 0.531. The standard InChI is InChI=1S/C14H18FNO3/c1-18-13(17)14(9-19-10-14)8-16-7-6-11-2-4-12(15)5-3-11/h2-5,16H,6-10H2,1H3. The molecule has 1 fully saturated rings. The number of carbonyl (C=O) groups excluding carboxylic acids is 1. The molecule has 2 rings (SSSR count). The van der Waals surface area contributed by atoms with Crippen molar-refractivity contribution in [2.24, 2.45) is 5.41 Å². The second-order valence-electron chi connectivity index (χ2n) is 4.82. The molecule has 0 amide bonds. The van der Waals surface area contributed by atoms with Crippen LogP contribution in [0.3, 0.4) is 0 Å². The number of esters is 1.